The molecule has 92 valence electrons. The molecule has 0 atom stereocenters. The van der Waals surface area contributed by atoms with Crippen molar-refractivity contribution in [2.24, 2.45) is 0 Å². The maximum atomic E-state index is 10.8. The Bertz CT molecular complexity index is 487. The highest BCUT2D eigenvalue weighted by Crippen LogP contribution is 2.20. The predicted octanol–water partition coefficient (Wildman–Crippen LogP) is 3.01. The summed E-state index contributed by atoms with van der Waals surface area (Å²) in [4.78, 5) is 3.67. The zero-order chi connectivity index (χ0) is 12.9. The van der Waals surface area contributed by atoms with Crippen LogP contribution in [-0.2, 0) is 18.3 Å². The van der Waals surface area contributed by atoms with Crippen LogP contribution in [0.25, 0.3) is 0 Å². The van der Waals surface area contributed by atoms with E-state index >= 15 is 0 Å². The van der Waals surface area contributed by atoms with Crippen molar-refractivity contribution in [1.29, 1.82) is 0 Å². The first-order chi connectivity index (χ1) is 7.14. The van der Waals surface area contributed by atoms with Crippen LogP contribution in [0, 0.1) is 6.92 Å². The van der Waals surface area contributed by atoms with Gasteiger partial charge in [-0.25, -0.2) is 12.6 Å². The molecule has 0 aliphatic rings. The fourth-order valence-electron chi connectivity index (χ4n) is 0.622. The molecule has 0 radical (unpaired) electrons. The minimum Gasteiger partial charge on any atom is -0.259 e. The number of halogens is 4. The number of aryl methyl sites for hydroxylation is 1. The Labute approximate surface area is 114 Å². The minimum absolute atomic E-state index is 0.0835. The quantitative estimate of drug-likeness (QED) is 0.734. The van der Waals surface area contributed by atoms with Gasteiger partial charge in [0.1, 0.15) is 4.90 Å². The topological polar surface area (TPSA) is 64.1 Å². The summed E-state index contributed by atoms with van der Waals surface area (Å²) in [5, 5.41) is 0.289. The number of hydrogen-bond acceptors (Lipinski definition) is 4. The van der Waals surface area contributed by atoms with Gasteiger partial charge in [-0.1, -0.05) is 11.6 Å². The summed E-state index contributed by atoms with van der Waals surface area (Å²) in [5.41, 5.74) is 0.570. The molecule has 1 rings (SSSR count). The van der Waals surface area contributed by atoms with E-state index in [0.29, 0.717) is 5.69 Å². The van der Waals surface area contributed by atoms with E-state index in [2.05, 4.69) is 26.3 Å². The Hall–Kier alpha value is 0.410. The highest BCUT2D eigenvalue weighted by Gasteiger charge is 2.11. The lowest BCUT2D eigenvalue weighted by molar-refractivity contribution is 0.609. The van der Waals surface area contributed by atoms with Gasteiger partial charge in [0, 0.05) is 38.2 Å². The molecule has 0 N–H and O–H groups in total. The van der Waals surface area contributed by atoms with Gasteiger partial charge in [-0.2, -0.15) is 0 Å². The van der Waals surface area contributed by atoms with Crippen LogP contribution in [0.15, 0.2) is 17.2 Å². The second-order valence-corrected chi connectivity index (χ2v) is 7.86. The average Bonchev–Trinajstić information content (AvgIpc) is 2.06. The SMILES string of the molecule is Cc1ncc(S(=O)(=O)Cl)cc1Cl.O=S(Cl)Cl. The molecule has 16 heavy (non-hydrogen) atoms. The van der Waals surface area contributed by atoms with Crippen molar-refractivity contribution < 1.29 is 12.6 Å². The molecule has 0 aliphatic heterocycles. The largest absolute Gasteiger partial charge is 0.262 e. The molecule has 1 aromatic heterocycles. The Morgan fingerprint density at radius 1 is 1.38 bits per heavy atom. The molecule has 0 amide bonds. The highest BCUT2D eigenvalue weighted by atomic mass is 36.0. The van der Waals surface area contributed by atoms with Crippen molar-refractivity contribution >= 4 is 61.9 Å². The number of rotatable bonds is 1. The molecule has 0 fully saturated rings. The molecule has 1 heterocycles. The number of pyridine rings is 1. The van der Waals surface area contributed by atoms with Gasteiger partial charge in [-0.05, 0) is 13.0 Å². The van der Waals surface area contributed by atoms with Gasteiger partial charge in [0.2, 0.25) is 9.23 Å². The summed E-state index contributed by atoms with van der Waals surface area (Å²) in [6, 6.07) is 1.27. The fourth-order valence-corrected chi connectivity index (χ4v) is 1.54. The van der Waals surface area contributed by atoms with Crippen molar-refractivity contribution in [3.63, 3.8) is 0 Å². The van der Waals surface area contributed by atoms with Crippen LogP contribution >= 0.6 is 43.6 Å². The molecule has 0 aliphatic carbocycles. The van der Waals surface area contributed by atoms with E-state index in [1.54, 1.807) is 6.92 Å². The third kappa shape index (κ3) is 6.88. The number of nitrogens with zero attached hydrogens (tertiary/aromatic N) is 1. The van der Waals surface area contributed by atoms with Gasteiger partial charge in [0.05, 0.1) is 10.7 Å². The number of hydrogen-bond donors (Lipinski definition) is 0. The molecule has 4 nitrogen and oxygen atoms in total. The molecular formula is C6H5Cl4NO3S2. The first-order valence-electron chi connectivity index (χ1n) is 3.45. The summed E-state index contributed by atoms with van der Waals surface area (Å²) in [6.07, 6.45) is 1.17. The first-order valence-corrected chi connectivity index (χ1v) is 8.94. The van der Waals surface area contributed by atoms with Gasteiger partial charge in [-0.15, -0.1) is 0 Å². The second-order valence-electron chi connectivity index (χ2n) is 2.36. The van der Waals surface area contributed by atoms with Gasteiger partial charge < -0.3 is 0 Å². The summed E-state index contributed by atoms with van der Waals surface area (Å²) in [7, 11) is 8.70. The highest BCUT2D eigenvalue weighted by molar-refractivity contribution is 8.26. The Kier molecular flexibility index (Phi) is 7.16. The molecule has 0 aromatic carbocycles. The van der Waals surface area contributed by atoms with Gasteiger partial charge >= 0.3 is 0 Å². The molecule has 0 saturated carbocycles. The monoisotopic (exact) mass is 343 g/mol. The van der Waals surface area contributed by atoms with Gasteiger partial charge in [0.25, 0.3) is 9.05 Å². The van der Waals surface area contributed by atoms with Crippen molar-refractivity contribution in [2.45, 2.75) is 11.8 Å². The third-order valence-corrected chi connectivity index (χ3v) is 2.99. The van der Waals surface area contributed by atoms with E-state index in [-0.39, 0.29) is 9.92 Å². The molecule has 0 bridgehead atoms. The van der Waals surface area contributed by atoms with E-state index in [1.807, 2.05) is 0 Å². The molecule has 10 heteroatoms. The van der Waals surface area contributed by atoms with E-state index in [4.69, 9.17) is 26.5 Å². The molecular weight excluding hydrogens is 340 g/mol. The Balaban J connectivity index is 0.000000487. The predicted molar refractivity (Wildman–Crippen MR) is 66.9 cm³/mol. The molecule has 0 spiro atoms. The van der Waals surface area contributed by atoms with E-state index in [0.717, 1.165) is 0 Å². The normalized spacial score (nSPS) is 10.9. The van der Waals surface area contributed by atoms with Crippen molar-refractivity contribution in [1.82, 2.24) is 4.98 Å². The van der Waals surface area contributed by atoms with Gasteiger partial charge in [-0.3, -0.25) is 4.98 Å². The lowest BCUT2D eigenvalue weighted by atomic mass is 10.4. The summed E-state index contributed by atoms with van der Waals surface area (Å²) in [6.45, 7) is 1.67. The summed E-state index contributed by atoms with van der Waals surface area (Å²) < 4.78 is 30.6. The van der Waals surface area contributed by atoms with Crippen molar-refractivity contribution in [2.75, 3.05) is 0 Å². The molecule has 0 unspecified atom stereocenters. The smallest absolute Gasteiger partial charge is 0.259 e. The fraction of sp³-hybridized carbons (Fsp3) is 0.167. The van der Waals surface area contributed by atoms with Crippen LogP contribution in [0.3, 0.4) is 0 Å². The summed E-state index contributed by atoms with van der Waals surface area (Å²) in [5.74, 6) is 0. The minimum atomic E-state index is -3.72. The first kappa shape index (κ1) is 16.4. The molecule has 1 aromatic rings. The van der Waals surface area contributed by atoms with E-state index < -0.39 is 18.3 Å². The third-order valence-electron chi connectivity index (χ3n) is 1.28. The van der Waals surface area contributed by atoms with Gasteiger partial charge in [0.15, 0.2) is 0 Å². The Morgan fingerprint density at radius 3 is 2.12 bits per heavy atom. The maximum Gasteiger partial charge on any atom is 0.262 e. The van der Waals surface area contributed by atoms with E-state index in [1.165, 1.54) is 12.3 Å². The van der Waals surface area contributed by atoms with Crippen LogP contribution in [-0.4, -0.2) is 17.6 Å². The van der Waals surface area contributed by atoms with Crippen molar-refractivity contribution in [3.05, 3.63) is 23.0 Å². The number of aromatic nitrogens is 1. The van der Waals surface area contributed by atoms with E-state index in [9.17, 15) is 8.42 Å². The zero-order valence-electron chi connectivity index (χ0n) is 7.66. The van der Waals surface area contributed by atoms with Crippen LogP contribution < -0.4 is 0 Å². The lowest BCUT2D eigenvalue weighted by Crippen LogP contribution is -1.93. The van der Waals surface area contributed by atoms with Crippen LogP contribution in [0.4, 0.5) is 0 Å². The summed E-state index contributed by atoms with van der Waals surface area (Å²) >= 11 is 5.63. The maximum absolute atomic E-state index is 10.8. The molecule has 0 saturated heterocycles. The standard InChI is InChI=1S/C6H5Cl2NO2S.Cl2OS/c1-4-6(7)2-5(3-9-4)12(8,10)11;1-4(2)3/h2-3H,1H3;. The zero-order valence-corrected chi connectivity index (χ0v) is 12.3. The lowest BCUT2D eigenvalue weighted by Gasteiger charge is -1.98. The van der Waals surface area contributed by atoms with Crippen LogP contribution in [0.1, 0.15) is 5.69 Å². The average molecular weight is 345 g/mol. The Morgan fingerprint density at radius 2 is 1.81 bits per heavy atom. The van der Waals surface area contributed by atoms with Crippen LogP contribution in [0.2, 0.25) is 5.02 Å². The second kappa shape index (κ2) is 6.98. The van der Waals surface area contributed by atoms with Crippen LogP contribution in [0.5, 0.6) is 0 Å². The van der Waals surface area contributed by atoms with Crippen molar-refractivity contribution in [3.8, 4) is 0 Å².